The molecule has 1 aliphatic heterocycles. The van der Waals surface area contributed by atoms with Crippen LogP contribution in [-0.2, 0) is 4.74 Å². The lowest BCUT2D eigenvalue weighted by atomic mass is 9.98. The summed E-state index contributed by atoms with van der Waals surface area (Å²) in [6, 6.07) is 11.4. The lowest BCUT2D eigenvalue weighted by Gasteiger charge is -2.27. The SMILES string of the molecule is N=C(c1cc(N2CCOCC2)ncn1)c1cc(-c2ccncc2)ccc1N. The third-order valence-corrected chi connectivity index (χ3v) is 4.58. The highest BCUT2D eigenvalue weighted by Gasteiger charge is 2.16. The number of pyridine rings is 1. The van der Waals surface area contributed by atoms with Crippen LogP contribution < -0.4 is 10.6 Å². The van der Waals surface area contributed by atoms with Crippen molar-refractivity contribution in [2.75, 3.05) is 36.9 Å². The molecule has 7 nitrogen and oxygen atoms in total. The maximum absolute atomic E-state index is 8.66. The minimum Gasteiger partial charge on any atom is -0.398 e. The Labute approximate surface area is 157 Å². The van der Waals surface area contributed by atoms with Gasteiger partial charge in [-0.25, -0.2) is 9.97 Å². The van der Waals surface area contributed by atoms with E-state index in [-0.39, 0.29) is 5.71 Å². The number of morpholine rings is 1. The molecule has 7 heteroatoms. The summed E-state index contributed by atoms with van der Waals surface area (Å²) in [4.78, 5) is 14.8. The maximum Gasteiger partial charge on any atom is 0.132 e. The minimum atomic E-state index is 0.278. The van der Waals surface area contributed by atoms with Gasteiger partial charge >= 0.3 is 0 Å². The standard InChI is InChI=1S/C20H20N6O/c21-17-2-1-15(14-3-5-23-6-4-14)11-16(17)20(22)18-12-19(25-13-24-18)26-7-9-27-10-8-26/h1-6,11-13,22H,7-10,21H2. The zero-order valence-corrected chi connectivity index (χ0v) is 14.8. The molecule has 0 atom stereocenters. The first-order valence-corrected chi connectivity index (χ1v) is 8.76. The van der Waals surface area contributed by atoms with E-state index in [2.05, 4.69) is 19.9 Å². The van der Waals surface area contributed by atoms with Crippen LogP contribution in [0.2, 0.25) is 0 Å². The Balaban J connectivity index is 1.66. The van der Waals surface area contributed by atoms with Gasteiger partial charge in [0.1, 0.15) is 12.1 Å². The topological polar surface area (TPSA) is 101 Å². The molecule has 3 N–H and O–H groups in total. The summed E-state index contributed by atoms with van der Waals surface area (Å²) in [6.07, 6.45) is 4.99. The summed E-state index contributed by atoms with van der Waals surface area (Å²) >= 11 is 0. The van der Waals surface area contributed by atoms with Crippen LogP contribution in [0.1, 0.15) is 11.3 Å². The van der Waals surface area contributed by atoms with Crippen molar-refractivity contribution in [1.82, 2.24) is 15.0 Å². The van der Waals surface area contributed by atoms with Crippen LogP contribution in [0.4, 0.5) is 11.5 Å². The van der Waals surface area contributed by atoms with Crippen LogP contribution in [-0.4, -0.2) is 47.0 Å². The molecule has 136 valence electrons. The Morgan fingerprint density at radius 2 is 1.78 bits per heavy atom. The van der Waals surface area contributed by atoms with Crippen LogP contribution in [0.15, 0.2) is 55.1 Å². The zero-order valence-electron chi connectivity index (χ0n) is 14.8. The number of nitrogen functional groups attached to an aromatic ring is 1. The molecule has 2 aromatic heterocycles. The largest absolute Gasteiger partial charge is 0.398 e. The summed E-state index contributed by atoms with van der Waals surface area (Å²) in [5.74, 6) is 0.803. The molecule has 0 saturated carbocycles. The first-order chi connectivity index (χ1) is 13.2. The summed E-state index contributed by atoms with van der Waals surface area (Å²) in [7, 11) is 0. The fourth-order valence-corrected chi connectivity index (χ4v) is 3.08. The van der Waals surface area contributed by atoms with E-state index in [1.54, 1.807) is 12.4 Å². The third kappa shape index (κ3) is 3.63. The van der Waals surface area contributed by atoms with Gasteiger partial charge in [0.25, 0.3) is 0 Å². The molecule has 1 aliphatic rings. The van der Waals surface area contributed by atoms with Crippen molar-refractivity contribution in [3.63, 3.8) is 0 Å². The van der Waals surface area contributed by atoms with E-state index in [0.29, 0.717) is 30.2 Å². The van der Waals surface area contributed by atoms with Gasteiger partial charge in [-0.3, -0.25) is 10.4 Å². The van der Waals surface area contributed by atoms with E-state index in [4.69, 9.17) is 15.9 Å². The zero-order chi connectivity index (χ0) is 18.6. The van der Waals surface area contributed by atoms with Gasteiger partial charge in [0.05, 0.1) is 24.6 Å². The molecular weight excluding hydrogens is 340 g/mol. The molecule has 27 heavy (non-hydrogen) atoms. The number of nitrogens with one attached hydrogen (secondary N) is 1. The fourth-order valence-electron chi connectivity index (χ4n) is 3.08. The first kappa shape index (κ1) is 17.1. The van der Waals surface area contributed by atoms with Gasteiger partial charge in [-0.1, -0.05) is 6.07 Å². The maximum atomic E-state index is 8.66. The smallest absolute Gasteiger partial charge is 0.132 e. The number of nitrogens with two attached hydrogens (primary N) is 1. The molecule has 1 saturated heterocycles. The molecule has 1 fully saturated rings. The average molecular weight is 360 g/mol. The van der Waals surface area contributed by atoms with Crippen molar-refractivity contribution < 1.29 is 4.74 Å². The molecule has 4 rings (SSSR count). The van der Waals surface area contributed by atoms with Crippen molar-refractivity contribution in [3.8, 4) is 11.1 Å². The monoisotopic (exact) mass is 360 g/mol. The van der Waals surface area contributed by atoms with E-state index < -0.39 is 0 Å². The summed E-state index contributed by atoms with van der Waals surface area (Å²) in [5.41, 5.74) is 10.2. The molecule has 0 radical (unpaired) electrons. The Kier molecular flexibility index (Phi) is 4.76. The molecule has 0 bridgehead atoms. The van der Waals surface area contributed by atoms with E-state index >= 15 is 0 Å². The van der Waals surface area contributed by atoms with Gasteiger partial charge in [0, 0.05) is 42.8 Å². The second-order valence-corrected chi connectivity index (χ2v) is 6.27. The van der Waals surface area contributed by atoms with Crippen LogP contribution in [0.25, 0.3) is 11.1 Å². The Bertz CT molecular complexity index is 954. The molecule has 0 unspecified atom stereocenters. The lowest BCUT2D eigenvalue weighted by Crippen LogP contribution is -2.36. The van der Waals surface area contributed by atoms with Crippen molar-refractivity contribution in [2.24, 2.45) is 0 Å². The van der Waals surface area contributed by atoms with Gasteiger partial charge in [0.2, 0.25) is 0 Å². The summed E-state index contributed by atoms with van der Waals surface area (Å²) in [6.45, 7) is 2.92. The molecular formula is C20H20N6O. The highest BCUT2D eigenvalue weighted by Crippen LogP contribution is 2.25. The van der Waals surface area contributed by atoms with E-state index in [0.717, 1.165) is 30.0 Å². The van der Waals surface area contributed by atoms with Gasteiger partial charge in [-0.2, -0.15) is 0 Å². The predicted molar refractivity (Wildman–Crippen MR) is 105 cm³/mol. The Hall–Kier alpha value is -3.32. The number of nitrogens with zero attached hydrogens (tertiary/aromatic N) is 4. The number of hydrogen-bond donors (Lipinski definition) is 2. The van der Waals surface area contributed by atoms with Crippen molar-refractivity contribution in [2.45, 2.75) is 0 Å². The number of aromatic nitrogens is 3. The Morgan fingerprint density at radius 3 is 2.56 bits per heavy atom. The average Bonchev–Trinajstić information content (AvgIpc) is 2.75. The van der Waals surface area contributed by atoms with Crippen molar-refractivity contribution >= 4 is 17.2 Å². The molecule has 1 aromatic carbocycles. The third-order valence-electron chi connectivity index (χ3n) is 4.58. The lowest BCUT2D eigenvalue weighted by molar-refractivity contribution is 0.122. The predicted octanol–water partition coefficient (Wildman–Crippen LogP) is 2.37. The van der Waals surface area contributed by atoms with Crippen LogP contribution in [0.3, 0.4) is 0 Å². The second kappa shape index (κ2) is 7.51. The van der Waals surface area contributed by atoms with Crippen molar-refractivity contribution in [1.29, 1.82) is 5.41 Å². The minimum absolute atomic E-state index is 0.278. The van der Waals surface area contributed by atoms with Gasteiger partial charge in [-0.15, -0.1) is 0 Å². The fraction of sp³-hybridized carbons (Fsp3) is 0.200. The van der Waals surface area contributed by atoms with Crippen molar-refractivity contribution in [3.05, 3.63) is 66.4 Å². The van der Waals surface area contributed by atoms with Gasteiger partial charge in [0.15, 0.2) is 0 Å². The Morgan fingerprint density at radius 1 is 1.00 bits per heavy atom. The molecule has 0 aliphatic carbocycles. The number of ether oxygens (including phenoxy) is 1. The number of rotatable bonds is 4. The van der Waals surface area contributed by atoms with Crippen LogP contribution in [0, 0.1) is 5.41 Å². The number of anilines is 2. The van der Waals surface area contributed by atoms with E-state index in [1.165, 1.54) is 6.33 Å². The number of hydrogen-bond acceptors (Lipinski definition) is 7. The van der Waals surface area contributed by atoms with E-state index in [1.807, 2.05) is 36.4 Å². The number of benzene rings is 1. The van der Waals surface area contributed by atoms with Crippen LogP contribution in [0.5, 0.6) is 0 Å². The highest BCUT2D eigenvalue weighted by atomic mass is 16.5. The highest BCUT2D eigenvalue weighted by molar-refractivity contribution is 6.13. The normalized spacial score (nSPS) is 14.1. The van der Waals surface area contributed by atoms with E-state index in [9.17, 15) is 0 Å². The quantitative estimate of drug-likeness (QED) is 0.547. The molecule has 3 aromatic rings. The van der Waals surface area contributed by atoms with Gasteiger partial charge < -0.3 is 15.4 Å². The van der Waals surface area contributed by atoms with Gasteiger partial charge in [-0.05, 0) is 35.4 Å². The first-order valence-electron chi connectivity index (χ1n) is 8.76. The molecule has 0 spiro atoms. The second-order valence-electron chi connectivity index (χ2n) is 6.27. The molecule has 3 heterocycles. The summed E-state index contributed by atoms with van der Waals surface area (Å²) < 4.78 is 5.39. The summed E-state index contributed by atoms with van der Waals surface area (Å²) in [5, 5.41) is 8.66. The molecule has 0 amide bonds. The van der Waals surface area contributed by atoms with Crippen LogP contribution >= 0.6 is 0 Å².